The highest BCUT2D eigenvalue weighted by atomic mass is 35.5. The minimum absolute atomic E-state index is 0.0196. The molecule has 4 atom stereocenters. The third-order valence-corrected chi connectivity index (χ3v) is 8.93. The number of carbonyl (C=O) groups is 4. The maximum atomic E-state index is 13.9. The predicted molar refractivity (Wildman–Crippen MR) is 145 cm³/mol. The Morgan fingerprint density at radius 3 is 2.43 bits per heavy atom. The van der Waals surface area contributed by atoms with Crippen LogP contribution in [0.3, 0.4) is 0 Å². The number of phenols is 1. The maximum Gasteiger partial charge on any atom is 0.573 e. The minimum atomic E-state index is -5.01. The second kappa shape index (κ2) is 9.69. The topological polar surface area (TPSA) is 101 Å². The molecule has 0 radical (unpaired) electrons. The number of halogens is 4. The van der Waals surface area contributed by atoms with Gasteiger partial charge >= 0.3 is 6.36 Å². The van der Waals surface area contributed by atoms with Crippen LogP contribution in [0.15, 0.2) is 70.8 Å². The van der Waals surface area contributed by atoms with Gasteiger partial charge in [0.1, 0.15) is 11.5 Å². The van der Waals surface area contributed by atoms with Crippen molar-refractivity contribution in [3.8, 4) is 11.5 Å². The molecule has 1 saturated heterocycles. The van der Waals surface area contributed by atoms with E-state index >= 15 is 0 Å². The summed E-state index contributed by atoms with van der Waals surface area (Å²) in [5.74, 6) is -6.43. The van der Waals surface area contributed by atoms with Crippen molar-refractivity contribution in [3.05, 3.63) is 87.0 Å². The normalized spacial score (nSPS) is 25.6. The van der Waals surface area contributed by atoms with E-state index in [0.717, 1.165) is 28.7 Å². The first-order valence-corrected chi connectivity index (χ1v) is 13.6. The van der Waals surface area contributed by atoms with E-state index in [1.165, 1.54) is 19.1 Å². The monoisotopic (exact) mass is 597 g/mol. The SMILES string of the molecule is CC1=CC(=O)C2=C(C1=O)[C@@H](c1cc(OC(F)(F)F)ccc1O)C1=CC[C@@H]3C(=O)N(c4ccc(C)c(Cl)c4)C(=O)[C@@H]3[C@@H]1C2. The number of alkyl halides is 3. The molecule has 0 aromatic heterocycles. The fourth-order valence-corrected chi connectivity index (χ4v) is 6.83. The van der Waals surface area contributed by atoms with Crippen LogP contribution in [0.2, 0.25) is 5.02 Å². The van der Waals surface area contributed by atoms with Crippen LogP contribution in [0.4, 0.5) is 18.9 Å². The van der Waals surface area contributed by atoms with E-state index in [0.29, 0.717) is 16.3 Å². The van der Waals surface area contributed by atoms with E-state index in [-0.39, 0.29) is 35.1 Å². The number of imide groups is 1. The van der Waals surface area contributed by atoms with Crippen molar-refractivity contribution >= 4 is 40.7 Å². The number of rotatable bonds is 3. The van der Waals surface area contributed by atoms with Crippen LogP contribution in [-0.2, 0) is 19.2 Å². The van der Waals surface area contributed by atoms with E-state index in [9.17, 15) is 37.5 Å². The lowest BCUT2D eigenvalue weighted by atomic mass is 9.59. The smallest absolute Gasteiger partial charge is 0.508 e. The van der Waals surface area contributed by atoms with Crippen LogP contribution in [0, 0.1) is 24.7 Å². The molecule has 2 amide bonds. The van der Waals surface area contributed by atoms with E-state index in [1.807, 2.05) is 0 Å². The number of nitrogens with zero attached hydrogens (tertiary/aromatic N) is 1. The number of ketones is 2. The van der Waals surface area contributed by atoms with Crippen molar-refractivity contribution in [2.75, 3.05) is 4.90 Å². The summed E-state index contributed by atoms with van der Waals surface area (Å²) >= 11 is 6.28. The van der Waals surface area contributed by atoms with Crippen molar-refractivity contribution < 1.29 is 42.2 Å². The summed E-state index contributed by atoms with van der Waals surface area (Å²) in [6.45, 7) is 3.25. The molecule has 6 rings (SSSR count). The van der Waals surface area contributed by atoms with Crippen LogP contribution in [0.25, 0.3) is 0 Å². The van der Waals surface area contributed by atoms with Crippen molar-refractivity contribution in [3.63, 3.8) is 0 Å². The molecule has 216 valence electrons. The van der Waals surface area contributed by atoms with E-state index < -0.39 is 64.9 Å². The second-order valence-electron chi connectivity index (χ2n) is 10.9. The van der Waals surface area contributed by atoms with Gasteiger partial charge in [-0.1, -0.05) is 29.3 Å². The molecule has 11 heteroatoms. The Hall–Kier alpha value is -4.18. The number of fused-ring (bicyclic) bond motifs is 3. The van der Waals surface area contributed by atoms with Gasteiger partial charge in [-0.05, 0) is 74.6 Å². The van der Waals surface area contributed by atoms with Gasteiger partial charge in [0.2, 0.25) is 11.8 Å². The number of anilines is 1. The zero-order valence-corrected chi connectivity index (χ0v) is 23.0. The molecule has 42 heavy (non-hydrogen) atoms. The highest BCUT2D eigenvalue weighted by Gasteiger charge is 2.57. The van der Waals surface area contributed by atoms with Crippen molar-refractivity contribution in [1.29, 1.82) is 0 Å². The van der Waals surface area contributed by atoms with Crippen LogP contribution < -0.4 is 9.64 Å². The molecule has 7 nitrogen and oxygen atoms in total. The third-order valence-electron chi connectivity index (χ3n) is 8.52. The van der Waals surface area contributed by atoms with Crippen LogP contribution in [0.1, 0.15) is 36.8 Å². The number of hydrogen-bond donors (Lipinski definition) is 1. The van der Waals surface area contributed by atoms with Crippen molar-refractivity contribution in [1.82, 2.24) is 0 Å². The lowest BCUT2D eigenvalue weighted by molar-refractivity contribution is -0.274. The zero-order valence-electron chi connectivity index (χ0n) is 22.3. The second-order valence-corrected chi connectivity index (χ2v) is 11.3. The summed E-state index contributed by atoms with van der Waals surface area (Å²) in [6.07, 6.45) is -2.02. The molecule has 1 N–H and O–H groups in total. The highest BCUT2D eigenvalue weighted by Crippen LogP contribution is 2.56. The summed E-state index contributed by atoms with van der Waals surface area (Å²) in [5.41, 5.74) is 1.77. The van der Waals surface area contributed by atoms with Crippen molar-refractivity contribution in [2.24, 2.45) is 17.8 Å². The molecule has 2 aromatic rings. The molecule has 2 aromatic carbocycles. The average molecular weight is 598 g/mol. The molecule has 0 bridgehead atoms. The van der Waals surface area contributed by atoms with E-state index in [1.54, 1.807) is 25.1 Å². The highest BCUT2D eigenvalue weighted by molar-refractivity contribution is 6.32. The molecule has 1 aliphatic heterocycles. The summed E-state index contributed by atoms with van der Waals surface area (Å²) in [6, 6.07) is 7.80. The van der Waals surface area contributed by atoms with Gasteiger partial charge in [-0.15, -0.1) is 13.2 Å². The lowest BCUT2D eigenvalue weighted by Crippen LogP contribution is -2.39. The van der Waals surface area contributed by atoms with Gasteiger partial charge in [0.25, 0.3) is 0 Å². The Bertz CT molecular complexity index is 1700. The number of amides is 2. The fraction of sp³-hybridized carbons (Fsp3) is 0.290. The molecule has 3 aliphatic carbocycles. The molecular formula is C31H23ClF3NO6. The number of carbonyl (C=O) groups excluding carboxylic acids is 4. The van der Waals surface area contributed by atoms with Crippen LogP contribution in [0.5, 0.6) is 11.5 Å². The first kappa shape index (κ1) is 28.0. The molecule has 1 fully saturated rings. The quantitative estimate of drug-likeness (QED) is 0.269. The number of aromatic hydroxyl groups is 1. The van der Waals surface area contributed by atoms with Gasteiger partial charge in [0.15, 0.2) is 11.6 Å². The standard InChI is InChI=1S/C31H23ClF3NO6/c1-13-3-4-15(10-22(13)32)36-29(40)18-7-6-17-19(26(18)30(36)41)12-21-24(38)9-14(2)28(39)27(21)25(17)20-11-16(5-8-23(20)37)42-31(33,34)35/h3-6,8-11,18-19,25-26,37H,7,12H2,1-2H3/t18-,19+,25+,26-/m0/s1. The van der Waals surface area contributed by atoms with Crippen molar-refractivity contribution in [2.45, 2.75) is 39.0 Å². The Morgan fingerprint density at radius 2 is 1.74 bits per heavy atom. The Kier molecular flexibility index (Phi) is 6.45. The molecule has 4 aliphatic rings. The number of aryl methyl sites for hydroxylation is 1. The van der Waals surface area contributed by atoms with Gasteiger partial charge in [-0.25, -0.2) is 4.90 Å². The van der Waals surface area contributed by atoms with E-state index in [2.05, 4.69) is 4.74 Å². The number of ether oxygens (including phenoxy) is 1. The fourth-order valence-electron chi connectivity index (χ4n) is 6.65. The summed E-state index contributed by atoms with van der Waals surface area (Å²) < 4.78 is 43.3. The summed E-state index contributed by atoms with van der Waals surface area (Å²) in [4.78, 5) is 55.3. The van der Waals surface area contributed by atoms with Gasteiger partial charge in [-0.3, -0.25) is 19.2 Å². The maximum absolute atomic E-state index is 13.9. The van der Waals surface area contributed by atoms with Gasteiger partial charge in [0.05, 0.1) is 17.5 Å². The first-order valence-electron chi connectivity index (χ1n) is 13.2. The molecular weight excluding hydrogens is 575 g/mol. The van der Waals surface area contributed by atoms with Crippen LogP contribution in [-0.4, -0.2) is 34.8 Å². The number of Topliss-reactive ketones (excluding diaryl/α,β-unsaturated/α-hetero) is 1. The minimum Gasteiger partial charge on any atom is -0.508 e. The zero-order chi connectivity index (χ0) is 30.2. The van der Waals surface area contributed by atoms with E-state index in [4.69, 9.17) is 11.6 Å². The Morgan fingerprint density at radius 1 is 1.00 bits per heavy atom. The van der Waals surface area contributed by atoms with Gasteiger partial charge in [0, 0.05) is 33.2 Å². The molecule has 0 saturated carbocycles. The summed E-state index contributed by atoms with van der Waals surface area (Å²) in [7, 11) is 0. The number of benzene rings is 2. The molecule has 1 heterocycles. The summed E-state index contributed by atoms with van der Waals surface area (Å²) in [5, 5.41) is 11.2. The number of allylic oxidation sites excluding steroid dienone is 6. The Labute approximate surface area is 242 Å². The van der Waals surface area contributed by atoms with Gasteiger partial charge in [-0.2, -0.15) is 0 Å². The van der Waals surface area contributed by atoms with Crippen LogP contribution >= 0.6 is 11.6 Å². The molecule has 0 unspecified atom stereocenters. The predicted octanol–water partition coefficient (Wildman–Crippen LogP) is 5.89. The number of hydrogen-bond acceptors (Lipinski definition) is 6. The largest absolute Gasteiger partial charge is 0.573 e. The average Bonchev–Trinajstić information content (AvgIpc) is 3.18. The Balaban J connectivity index is 1.49. The number of phenolic OH excluding ortho intramolecular Hbond substituents is 1. The van der Waals surface area contributed by atoms with Gasteiger partial charge < -0.3 is 9.84 Å². The first-order chi connectivity index (χ1) is 19.8. The molecule has 0 spiro atoms. The third kappa shape index (κ3) is 4.36. The lowest BCUT2D eigenvalue weighted by Gasteiger charge is -2.42.